The van der Waals surface area contributed by atoms with E-state index in [1.54, 1.807) is 16.2 Å². The van der Waals surface area contributed by atoms with E-state index in [-0.39, 0.29) is 11.8 Å². The number of carbonyl (C=O) groups excluding carboxylic acids is 2. The number of nitrogens with zero attached hydrogens (tertiary/aromatic N) is 1. The zero-order valence-electron chi connectivity index (χ0n) is 13.1. The molecule has 2 heterocycles. The lowest BCUT2D eigenvalue weighted by Crippen LogP contribution is -2.46. The molecule has 0 bridgehead atoms. The van der Waals surface area contributed by atoms with E-state index < -0.39 is 6.04 Å². The second-order valence-electron chi connectivity index (χ2n) is 5.69. The van der Waals surface area contributed by atoms with Crippen molar-refractivity contribution in [1.29, 1.82) is 0 Å². The Bertz CT molecular complexity index is 697. The van der Waals surface area contributed by atoms with Gasteiger partial charge in [-0.15, -0.1) is 11.3 Å². The second-order valence-corrected chi connectivity index (χ2v) is 6.72. The molecule has 1 aromatic carbocycles. The minimum Gasteiger partial charge on any atom is -0.349 e. The average molecular weight is 328 g/mol. The Balaban J connectivity index is 1.72. The summed E-state index contributed by atoms with van der Waals surface area (Å²) in [4.78, 5) is 28.0. The van der Waals surface area contributed by atoms with E-state index in [1.807, 2.05) is 48.7 Å². The lowest BCUT2D eigenvalue weighted by molar-refractivity contribution is -0.126. The number of hydrogen-bond donors (Lipinski definition) is 1. The zero-order valence-corrected chi connectivity index (χ0v) is 13.9. The molecule has 120 valence electrons. The normalized spacial score (nSPS) is 14.7. The fraction of sp³-hybridized carbons (Fsp3) is 0.333. The van der Waals surface area contributed by atoms with Crippen LogP contribution in [-0.2, 0) is 17.9 Å². The molecule has 0 saturated heterocycles. The number of hydrogen-bond acceptors (Lipinski definition) is 3. The van der Waals surface area contributed by atoms with Crippen molar-refractivity contribution in [2.24, 2.45) is 0 Å². The fourth-order valence-corrected chi connectivity index (χ4v) is 3.58. The Hall–Kier alpha value is -2.14. The van der Waals surface area contributed by atoms with Gasteiger partial charge in [0.25, 0.3) is 5.91 Å². The first-order chi connectivity index (χ1) is 11.2. The first kappa shape index (κ1) is 15.7. The Kier molecular flexibility index (Phi) is 4.76. The number of benzene rings is 1. The number of amides is 2. The molecule has 0 spiro atoms. The maximum atomic E-state index is 12.6. The van der Waals surface area contributed by atoms with Crippen LogP contribution in [0, 0.1) is 0 Å². The van der Waals surface area contributed by atoms with Crippen LogP contribution in [0.5, 0.6) is 0 Å². The maximum absolute atomic E-state index is 12.6. The molecule has 23 heavy (non-hydrogen) atoms. The molecule has 1 aliphatic heterocycles. The third-order valence-corrected chi connectivity index (χ3v) is 4.98. The highest BCUT2D eigenvalue weighted by atomic mass is 32.1. The summed E-state index contributed by atoms with van der Waals surface area (Å²) in [6.07, 6.45) is 1.53. The highest BCUT2D eigenvalue weighted by Crippen LogP contribution is 2.26. The number of nitrogens with one attached hydrogen (secondary N) is 1. The summed E-state index contributed by atoms with van der Waals surface area (Å²) in [6, 6.07) is 11.2. The fourth-order valence-electron chi connectivity index (χ4n) is 2.94. The zero-order chi connectivity index (χ0) is 16.2. The molecular formula is C18H20N2O2S. The van der Waals surface area contributed by atoms with Crippen LogP contribution in [0.2, 0.25) is 0 Å². The molecule has 1 N–H and O–H groups in total. The molecule has 3 rings (SSSR count). The van der Waals surface area contributed by atoms with Crippen LogP contribution < -0.4 is 5.32 Å². The average Bonchev–Trinajstić information content (AvgIpc) is 3.19. The minimum absolute atomic E-state index is 0.0367. The molecule has 0 fully saturated rings. The Morgan fingerprint density at radius 1 is 1.30 bits per heavy atom. The van der Waals surface area contributed by atoms with Crippen molar-refractivity contribution in [3.8, 4) is 0 Å². The van der Waals surface area contributed by atoms with Crippen molar-refractivity contribution >= 4 is 23.2 Å². The van der Waals surface area contributed by atoms with Gasteiger partial charge in [0.1, 0.15) is 6.04 Å². The lowest BCUT2D eigenvalue weighted by Gasteiger charge is -2.26. The topological polar surface area (TPSA) is 49.4 Å². The van der Waals surface area contributed by atoms with E-state index in [0.29, 0.717) is 19.5 Å². The first-order valence-electron chi connectivity index (χ1n) is 7.89. The summed E-state index contributed by atoms with van der Waals surface area (Å²) in [5.41, 5.74) is 1.73. The van der Waals surface area contributed by atoms with Gasteiger partial charge in [0, 0.05) is 17.0 Å². The van der Waals surface area contributed by atoms with Crippen molar-refractivity contribution in [2.75, 3.05) is 0 Å². The molecule has 1 aromatic heterocycles. The van der Waals surface area contributed by atoms with Gasteiger partial charge in [-0.3, -0.25) is 9.59 Å². The largest absolute Gasteiger partial charge is 0.349 e. The summed E-state index contributed by atoms with van der Waals surface area (Å²) in [5.74, 6) is -0.105. The van der Waals surface area contributed by atoms with Crippen LogP contribution in [0.25, 0.3) is 0 Å². The summed E-state index contributed by atoms with van der Waals surface area (Å²) < 4.78 is 0. The molecule has 0 saturated carbocycles. The van der Waals surface area contributed by atoms with Crippen LogP contribution in [0.4, 0.5) is 0 Å². The van der Waals surface area contributed by atoms with Crippen LogP contribution in [0.1, 0.15) is 40.6 Å². The van der Waals surface area contributed by atoms with Gasteiger partial charge in [-0.25, -0.2) is 0 Å². The van der Waals surface area contributed by atoms with Crippen molar-refractivity contribution in [1.82, 2.24) is 10.2 Å². The number of rotatable bonds is 6. The van der Waals surface area contributed by atoms with Crippen LogP contribution in [0.15, 0.2) is 41.8 Å². The third kappa shape index (κ3) is 3.29. The Morgan fingerprint density at radius 2 is 2.13 bits per heavy atom. The molecular weight excluding hydrogens is 308 g/mol. The monoisotopic (exact) mass is 328 g/mol. The van der Waals surface area contributed by atoms with Crippen LogP contribution in [0.3, 0.4) is 0 Å². The standard InChI is InChI=1S/C18H20N2O2S/c1-2-6-16(17(21)19-11-14-8-5-10-23-14)20-12-13-7-3-4-9-15(13)18(20)22/h3-5,7-10,16H,2,6,11-12H2,1H3,(H,19,21). The first-order valence-corrected chi connectivity index (χ1v) is 8.77. The predicted octanol–water partition coefficient (Wildman–Crippen LogP) is 3.19. The summed E-state index contributed by atoms with van der Waals surface area (Å²) in [7, 11) is 0. The van der Waals surface area contributed by atoms with Crippen molar-refractivity contribution in [3.63, 3.8) is 0 Å². The van der Waals surface area contributed by atoms with Gasteiger partial charge in [-0.2, -0.15) is 0 Å². The van der Waals surface area contributed by atoms with E-state index in [1.165, 1.54) is 0 Å². The maximum Gasteiger partial charge on any atom is 0.255 e. The van der Waals surface area contributed by atoms with Gasteiger partial charge in [-0.1, -0.05) is 37.6 Å². The number of thiophene rings is 1. The molecule has 0 radical (unpaired) electrons. The third-order valence-electron chi connectivity index (χ3n) is 4.11. The number of carbonyl (C=O) groups is 2. The lowest BCUT2D eigenvalue weighted by atomic mass is 10.1. The van der Waals surface area contributed by atoms with E-state index in [9.17, 15) is 9.59 Å². The van der Waals surface area contributed by atoms with E-state index in [2.05, 4.69) is 5.32 Å². The van der Waals surface area contributed by atoms with E-state index >= 15 is 0 Å². The van der Waals surface area contributed by atoms with Gasteiger partial charge in [-0.05, 0) is 29.5 Å². The van der Waals surface area contributed by atoms with Crippen molar-refractivity contribution < 1.29 is 9.59 Å². The van der Waals surface area contributed by atoms with E-state index in [4.69, 9.17) is 0 Å². The molecule has 2 aromatic rings. The van der Waals surface area contributed by atoms with Gasteiger partial charge in [0.2, 0.25) is 5.91 Å². The van der Waals surface area contributed by atoms with Crippen LogP contribution >= 0.6 is 11.3 Å². The highest BCUT2D eigenvalue weighted by molar-refractivity contribution is 7.09. The Labute approximate surface area is 140 Å². The van der Waals surface area contributed by atoms with Gasteiger partial charge >= 0.3 is 0 Å². The molecule has 5 heteroatoms. The molecule has 1 atom stereocenters. The molecule has 1 aliphatic rings. The number of fused-ring (bicyclic) bond motifs is 1. The molecule has 0 aliphatic carbocycles. The van der Waals surface area contributed by atoms with Gasteiger partial charge < -0.3 is 10.2 Å². The molecule has 4 nitrogen and oxygen atoms in total. The van der Waals surface area contributed by atoms with Gasteiger partial charge in [0.05, 0.1) is 6.54 Å². The quantitative estimate of drug-likeness (QED) is 0.885. The smallest absolute Gasteiger partial charge is 0.255 e. The predicted molar refractivity (Wildman–Crippen MR) is 91.2 cm³/mol. The highest BCUT2D eigenvalue weighted by Gasteiger charge is 2.35. The summed E-state index contributed by atoms with van der Waals surface area (Å²) in [5, 5.41) is 4.96. The van der Waals surface area contributed by atoms with E-state index in [0.717, 1.165) is 22.4 Å². The second kappa shape index (κ2) is 6.96. The molecule has 1 unspecified atom stereocenters. The van der Waals surface area contributed by atoms with Crippen molar-refractivity contribution in [3.05, 3.63) is 57.8 Å². The molecule has 2 amide bonds. The minimum atomic E-state index is -0.403. The van der Waals surface area contributed by atoms with Crippen LogP contribution in [-0.4, -0.2) is 22.8 Å². The van der Waals surface area contributed by atoms with Gasteiger partial charge in [0.15, 0.2) is 0 Å². The summed E-state index contributed by atoms with van der Waals surface area (Å²) >= 11 is 1.62. The summed E-state index contributed by atoms with van der Waals surface area (Å²) in [6.45, 7) is 3.07. The Morgan fingerprint density at radius 3 is 2.83 bits per heavy atom. The SMILES string of the molecule is CCCC(C(=O)NCc1cccs1)N1Cc2ccccc2C1=O. The van der Waals surface area contributed by atoms with Crippen molar-refractivity contribution in [2.45, 2.75) is 38.9 Å².